The van der Waals surface area contributed by atoms with Crippen molar-refractivity contribution in [1.82, 2.24) is 4.98 Å². The maximum Gasteiger partial charge on any atom is 0.212 e. The molecule has 3 nitrogen and oxygen atoms in total. The first-order valence-electron chi connectivity index (χ1n) is 3.29. The van der Waals surface area contributed by atoms with Crippen LogP contribution >= 0.6 is 0 Å². The molecular formula is C8H9NO2. The van der Waals surface area contributed by atoms with Crippen molar-refractivity contribution in [2.24, 2.45) is 0 Å². The van der Waals surface area contributed by atoms with E-state index in [9.17, 15) is 4.79 Å². The van der Waals surface area contributed by atoms with Gasteiger partial charge in [-0.25, -0.2) is 4.98 Å². The molecule has 0 atom stereocenters. The summed E-state index contributed by atoms with van der Waals surface area (Å²) in [5, 5.41) is 0. The molecule has 0 radical (unpaired) electrons. The first-order valence-corrected chi connectivity index (χ1v) is 3.29. The molecule has 0 spiro atoms. The number of hydrogen-bond acceptors (Lipinski definition) is 3. The van der Waals surface area contributed by atoms with Crippen molar-refractivity contribution in [3.05, 3.63) is 23.9 Å². The fourth-order valence-electron chi connectivity index (χ4n) is 0.749. The Hall–Kier alpha value is -1.38. The van der Waals surface area contributed by atoms with Crippen molar-refractivity contribution in [2.75, 3.05) is 7.11 Å². The third kappa shape index (κ3) is 2.04. The Kier molecular flexibility index (Phi) is 2.60. The second kappa shape index (κ2) is 3.71. The van der Waals surface area contributed by atoms with Gasteiger partial charge in [-0.1, -0.05) is 6.07 Å². The van der Waals surface area contributed by atoms with Crippen molar-refractivity contribution in [3.63, 3.8) is 0 Å². The SMILES string of the molecule is COc1ccc(CC=O)cn1. The zero-order chi connectivity index (χ0) is 8.10. The second-order valence-electron chi connectivity index (χ2n) is 2.08. The minimum absolute atomic E-state index is 0.414. The Labute approximate surface area is 65.0 Å². The number of hydrogen-bond donors (Lipinski definition) is 0. The van der Waals surface area contributed by atoms with Gasteiger partial charge in [-0.15, -0.1) is 0 Å². The lowest BCUT2D eigenvalue weighted by Crippen LogP contribution is -1.90. The van der Waals surface area contributed by atoms with Crippen LogP contribution in [0.1, 0.15) is 5.56 Å². The monoisotopic (exact) mass is 151 g/mol. The van der Waals surface area contributed by atoms with Gasteiger partial charge in [-0.3, -0.25) is 0 Å². The molecule has 1 aromatic heterocycles. The summed E-state index contributed by atoms with van der Waals surface area (Å²) in [6.07, 6.45) is 2.90. The van der Waals surface area contributed by atoms with Gasteiger partial charge in [0.05, 0.1) is 7.11 Å². The fourth-order valence-corrected chi connectivity index (χ4v) is 0.749. The molecule has 0 aliphatic heterocycles. The summed E-state index contributed by atoms with van der Waals surface area (Å²) >= 11 is 0. The molecule has 1 aromatic rings. The standard InChI is InChI=1S/C8H9NO2/c1-11-8-3-2-7(4-5-10)6-9-8/h2-3,5-6H,4H2,1H3. The molecule has 0 N–H and O–H groups in total. The van der Waals surface area contributed by atoms with Gasteiger partial charge in [0.25, 0.3) is 0 Å². The van der Waals surface area contributed by atoms with Crippen molar-refractivity contribution >= 4 is 6.29 Å². The van der Waals surface area contributed by atoms with E-state index in [1.165, 1.54) is 0 Å². The summed E-state index contributed by atoms with van der Waals surface area (Å²) in [6, 6.07) is 3.55. The number of carbonyl (C=O) groups is 1. The van der Waals surface area contributed by atoms with E-state index >= 15 is 0 Å². The minimum Gasteiger partial charge on any atom is -0.481 e. The van der Waals surface area contributed by atoms with Crippen LogP contribution in [0.25, 0.3) is 0 Å². The van der Waals surface area contributed by atoms with E-state index in [0.29, 0.717) is 12.3 Å². The summed E-state index contributed by atoms with van der Waals surface area (Å²) in [4.78, 5) is 14.0. The number of rotatable bonds is 3. The smallest absolute Gasteiger partial charge is 0.212 e. The lowest BCUT2D eigenvalue weighted by Gasteiger charge is -1.97. The molecule has 58 valence electrons. The average molecular weight is 151 g/mol. The number of aromatic nitrogens is 1. The number of aldehydes is 1. The Balaban J connectivity index is 2.74. The molecule has 0 bridgehead atoms. The van der Waals surface area contributed by atoms with Crippen LogP contribution in [0.3, 0.4) is 0 Å². The van der Waals surface area contributed by atoms with E-state index < -0.39 is 0 Å². The normalized spacial score (nSPS) is 9.18. The lowest BCUT2D eigenvalue weighted by atomic mass is 10.2. The Morgan fingerprint density at radius 1 is 1.64 bits per heavy atom. The molecule has 0 unspecified atom stereocenters. The van der Waals surface area contributed by atoms with E-state index in [0.717, 1.165) is 11.8 Å². The molecule has 0 fully saturated rings. The van der Waals surface area contributed by atoms with Crippen molar-refractivity contribution in [3.8, 4) is 5.88 Å². The maximum absolute atomic E-state index is 10.1. The zero-order valence-electron chi connectivity index (χ0n) is 6.28. The van der Waals surface area contributed by atoms with E-state index in [1.54, 1.807) is 19.4 Å². The van der Waals surface area contributed by atoms with Gasteiger partial charge in [0.1, 0.15) is 6.29 Å². The summed E-state index contributed by atoms with van der Waals surface area (Å²) in [5.41, 5.74) is 0.904. The molecule has 0 aromatic carbocycles. The van der Waals surface area contributed by atoms with Crippen LogP contribution in [0.15, 0.2) is 18.3 Å². The highest BCUT2D eigenvalue weighted by molar-refractivity contribution is 5.54. The number of methoxy groups -OCH3 is 1. The van der Waals surface area contributed by atoms with Gasteiger partial charge >= 0.3 is 0 Å². The molecular weight excluding hydrogens is 142 g/mol. The highest BCUT2D eigenvalue weighted by Crippen LogP contribution is 2.05. The Morgan fingerprint density at radius 2 is 2.45 bits per heavy atom. The van der Waals surface area contributed by atoms with Crippen LogP contribution in [-0.2, 0) is 11.2 Å². The summed E-state index contributed by atoms with van der Waals surface area (Å²) < 4.78 is 4.85. The third-order valence-electron chi connectivity index (χ3n) is 1.33. The Morgan fingerprint density at radius 3 is 2.91 bits per heavy atom. The largest absolute Gasteiger partial charge is 0.481 e. The summed E-state index contributed by atoms with van der Waals surface area (Å²) in [5.74, 6) is 0.569. The molecule has 1 rings (SSSR count). The third-order valence-corrected chi connectivity index (χ3v) is 1.33. The zero-order valence-corrected chi connectivity index (χ0v) is 6.28. The van der Waals surface area contributed by atoms with Gasteiger partial charge < -0.3 is 9.53 Å². The predicted octanol–water partition coefficient (Wildman–Crippen LogP) is 0.832. The van der Waals surface area contributed by atoms with Crippen LogP contribution < -0.4 is 4.74 Å². The van der Waals surface area contributed by atoms with E-state index in [4.69, 9.17) is 4.74 Å². The topological polar surface area (TPSA) is 39.2 Å². The van der Waals surface area contributed by atoms with Crippen molar-refractivity contribution in [2.45, 2.75) is 6.42 Å². The van der Waals surface area contributed by atoms with E-state index in [2.05, 4.69) is 4.98 Å². The summed E-state index contributed by atoms with van der Waals surface area (Å²) in [6.45, 7) is 0. The lowest BCUT2D eigenvalue weighted by molar-refractivity contribution is -0.107. The van der Waals surface area contributed by atoms with Crippen molar-refractivity contribution < 1.29 is 9.53 Å². The van der Waals surface area contributed by atoms with Gasteiger partial charge in [-0.05, 0) is 5.56 Å². The maximum atomic E-state index is 10.1. The van der Waals surface area contributed by atoms with Crippen LogP contribution in [0, 0.1) is 0 Å². The number of carbonyl (C=O) groups excluding carboxylic acids is 1. The van der Waals surface area contributed by atoms with Crippen LogP contribution in [-0.4, -0.2) is 18.4 Å². The highest BCUT2D eigenvalue weighted by Gasteiger charge is 1.92. The van der Waals surface area contributed by atoms with Gasteiger partial charge in [0.2, 0.25) is 5.88 Å². The van der Waals surface area contributed by atoms with Gasteiger partial charge in [-0.2, -0.15) is 0 Å². The number of pyridine rings is 1. The second-order valence-corrected chi connectivity index (χ2v) is 2.08. The molecule has 0 aliphatic rings. The molecule has 0 aliphatic carbocycles. The van der Waals surface area contributed by atoms with Gasteiger partial charge in [0, 0.05) is 18.7 Å². The molecule has 0 amide bonds. The minimum atomic E-state index is 0.414. The van der Waals surface area contributed by atoms with E-state index in [-0.39, 0.29) is 0 Å². The predicted molar refractivity (Wildman–Crippen MR) is 40.6 cm³/mol. The fraction of sp³-hybridized carbons (Fsp3) is 0.250. The first kappa shape index (κ1) is 7.72. The van der Waals surface area contributed by atoms with Gasteiger partial charge in [0.15, 0.2) is 0 Å². The molecule has 0 saturated carbocycles. The van der Waals surface area contributed by atoms with Crippen LogP contribution in [0.4, 0.5) is 0 Å². The molecule has 3 heteroatoms. The average Bonchev–Trinajstić information content (AvgIpc) is 2.07. The van der Waals surface area contributed by atoms with E-state index in [1.807, 2.05) is 6.07 Å². The quantitative estimate of drug-likeness (QED) is 0.601. The van der Waals surface area contributed by atoms with Crippen LogP contribution in [0.5, 0.6) is 5.88 Å². The molecule has 11 heavy (non-hydrogen) atoms. The Bertz CT molecular complexity index is 230. The number of nitrogens with zero attached hydrogens (tertiary/aromatic N) is 1. The first-order chi connectivity index (χ1) is 5.36. The van der Waals surface area contributed by atoms with Crippen molar-refractivity contribution in [1.29, 1.82) is 0 Å². The molecule has 0 saturated heterocycles. The molecule has 1 heterocycles. The highest BCUT2D eigenvalue weighted by atomic mass is 16.5. The summed E-state index contributed by atoms with van der Waals surface area (Å²) in [7, 11) is 1.56. The number of ether oxygens (including phenoxy) is 1. The van der Waals surface area contributed by atoms with Crippen LogP contribution in [0.2, 0.25) is 0 Å².